The van der Waals surface area contributed by atoms with Crippen LogP contribution in [0.3, 0.4) is 0 Å². The molecular formula is C17H24O2Si. The Morgan fingerprint density at radius 3 is 2.60 bits per heavy atom. The zero-order valence-electron chi connectivity index (χ0n) is 13.1. The van der Waals surface area contributed by atoms with Gasteiger partial charge in [0.1, 0.15) is 17.6 Å². The van der Waals surface area contributed by atoms with Crippen LogP contribution in [0, 0.1) is 0 Å². The van der Waals surface area contributed by atoms with Crippen molar-refractivity contribution in [2.45, 2.75) is 46.0 Å². The molecule has 0 N–H and O–H groups in total. The maximum atomic E-state index is 6.34. The zero-order chi connectivity index (χ0) is 14.8. The molecule has 0 saturated heterocycles. The molecule has 0 fully saturated rings. The van der Waals surface area contributed by atoms with E-state index in [1.54, 1.807) is 0 Å². The van der Waals surface area contributed by atoms with Crippen molar-refractivity contribution in [2.24, 2.45) is 0 Å². The molecule has 20 heavy (non-hydrogen) atoms. The number of para-hydroxylation sites is 1. The van der Waals surface area contributed by atoms with Crippen LogP contribution < -0.4 is 4.74 Å². The Labute approximate surface area is 123 Å². The van der Waals surface area contributed by atoms with Crippen molar-refractivity contribution in [3.05, 3.63) is 47.6 Å². The van der Waals surface area contributed by atoms with Gasteiger partial charge in [-0.1, -0.05) is 24.3 Å². The lowest BCUT2D eigenvalue weighted by Gasteiger charge is -2.32. The summed E-state index contributed by atoms with van der Waals surface area (Å²) in [7, 11) is -1.65. The van der Waals surface area contributed by atoms with Gasteiger partial charge in [0.05, 0.1) is 5.56 Å². The lowest BCUT2D eigenvalue weighted by atomic mass is 9.99. The van der Waals surface area contributed by atoms with E-state index < -0.39 is 8.32 Å². The second kappa shape index (κ2) is 5.88. The van der Waals surface area contributed by atoms with Crippen molar-refractivity contribution in [1.29, 1.82) is 0 Å². The minimum Gasteiger partial charge on any atom is -0.544 e. The van der Waals surface area contributed by atoms with Gasteiger partial charge in [0, 0.05) is 12.0 Å². The van der Waals surface area contributed by atoms with Crippen LogP contribution in [0.25, 0.3) is 5.76 Å². The van der Waals surface area contributed by atoms with Gasteiger partial charge in [-0.05, 0) is 45.6 Å². The third-order valence-electron chi connectivity index (χ3n) is 3.24. The Morgan fingerprint density at radius 1 is 1.25 bits per heavy atom. The smallest absolute Gasteiger partial charge is 0.242 e. The molecule has 108 valence electrons. The highest BCUT2D eigenvalue weighted by molar-refractivity contribution is 6.70. The Hall–Kier alpha value is -1.48. The first-order valence-corrected chi connectivity index (χ1v) is 10.6. The number of fused-ring (bicyclic) bond motifs is 1. The van der Waals surface area contributed by atoms with Crippen molar-refractivity contribution < 1.29 is 9.16 Å². The van der Waals surface area contributed by atoms with Crippen LogP contribution in [-0.2, 0) is 4.43 Å². The Morgan fingerprint density at radius 2 is 1.95 bits per heavy atom. The fraction of sp³-hybridized carbons (Fsp3) is 0.412. The summed E-state index contributed by atoms with van der Waals surface area (Å²) in [6, 6.07) is 8.16. The third-order valence-corrected chi connectivity index (χ3v) is 4.05. The van der Waals surface area contributed by atoms with Crippen molar-refractivity contribution in [2.75, 3.05) is 0 Å². The molecule has 0 spiro atoms. The van der Waals surface area contributed by atoms with Gasteiger partial charge >= 0.3 is 0 Å². The van der Waals surface area contributed by atoms with E-state index in [0.717, 1.165) is 23.5 Å². The number of ether oxygens (including phenoxy) is 1. The van der Waals surface area contributed by atoms with E-state index in [9.17, 15) is 0 Å². The average Bonchev–Trinajstić information content (AvgIpc) is 2.39. The molecule has 0 aliphatic carbocycles. The Bertz CT molecular complexity index is 538. The highest BCUT2D eigenvalue weighted by Crippen LogP contribution is 2.38. The third kappa shape index (κ3) is 3.34. The predicted molar refractivity (Wildman–Crippen MR) is 87.3 cm³/mol. The summed E-state index contributed by atoms with van der Waals surface area (Å²) in [5.41, 5.74) is 2.29. The monoisotopic (exact) mass is 288 g/mol. The molecule has 1 aliphatic heterocycles. The summed E-state index contributed by atoms with van der Waals surface area (Å²) >= 11 is 0. The molecule has 0 amide bonds. The second-order valence-corrected chi connectivity index (χ2v) is 10.6. The predicted octanol–water partition coefficient (Wildman–Crippen LogP) is 5.00. The highest BCUT2D eigenvalue weighted by atomic mass is 28.4. The minimum atomic E-state index is -1.65. The maximum Gasteiger partial charge on any atom is 0.242 e. The lowest BCUT2D eigenvalue weighted by molar-refractivity contribution is 0.229. The normalized spacial score (nSPS) is 18.9. The van der Waals surface area contributed by atoms with Crippen molar-refractivity contribution in [3.8, 4) is 5.75 Å². The molecule has 2 rings (SSSR count). The number of hydrogen-bond acceptors (Lipinski definition) is 2. The summed E-state index contributed by atoms with van der Waals surface area (Å²) in [6.45, 7) is 10.8. The van der Waals surface area contributed by atoms with Crippen LogP contribution in [0.5, 0.6) is 5.75 Å². The quantitative estimate of drug-likeness (QED) is 0.573. The molecule has 2 nitrogen and oxygen atoms in total. The largest absolute Gasteiger partial charge is 0.544 e. The summed E-state index contributed by atoms with van der Waals surface area (Å²) in [6.07, 6.45) is 5.17. The van der Waals surface area contributed by atoms with Gasteiger partial charge < -0.3 is 9.16 Å². The molecule has 1 aromatic rings. The van der Waals surface area contributed by atoms with E-state index in [0.29, 0.717) is 0 Å². The average molecular weight is 288 g/mol. The number of allylic oxidation sites excluding steroid dienone is 1. The molecule has 0 aromatic heterocycles. The fourth-order valence-electron chi connectivity index (χ4n) is 2.28. The Balaban J connectivity index is 2.43. The number of benzene rings is 1. The van der Waals surface area contributed by atoms with Crippen LogP contribution in [0.15, 0.2) is 42.0 Å². The van der Waals surface area contributed by atoms with E-state index >= 15 is 0 Å². The van der Waals surface area contributed by atoms with Crippen LogP contribution in [0.1, 0.15) is 25.8 Å². The summed E-state index contributed by atoms with van der Waals surface area (Å²) in [5.74, 6) is 1.96. The van der Waals surface area contributed by atoms with Crippen molar-refractivity contribution in [1.82, 2.24) is 0 Å². The standard InChI is InChI=1S/C17H24O2Si/c1-6-7-11-15-13(2)17(19-20(3,4)5)14-10-8-9-12-16(14)18-15/h6-10,12,15H,11H2,1-5H3/b7-6+. The Kier molecular flexibility index (Phi) is 4.38. The van der Waals surface area contributed by atoms with E-state index in [1.807, 2.05) is 25.1 Å². The van der Waals surface area contributed by atoms with Crippen LogP contribution in [-0.4, -0.2) is 14.4 Å². The number of rotatable bonds is 4. The van der Waals surface area contributed by atoms with Gasteiger partial charge in [-0.3, -0.25) is 0 Å². The van der Waals surface area contributed by atoms with Crippen LogP contribution in [0.4, 0.5) is 0 Å². The van der Waals surface area contributed by atoms with E-state index in [2.05, 4.69) is 44.8 Å². The second-order valence-electron chi connectivity index (χ2n) is 6.13. The van der Waals surface area contributed by atoms with Crippen molar-refractivity contribution >= 4 is 14.1 Å². The summed E-state index contributed by atoms with van der Waals surface area (Å²) in [4.78, 5) is 0. The lowest BCUT2D eigenvalue weighted by Crippen LogP contribution is -2.29. The summed E-state index contributed by atoms with van der Waals surface area (Å²) in [5, 5.41) is 0. The SMILES string of the molecule is C/C=C/CC1Oc2ccccc2C(O[Si](C)(C)C)=C1C. The zero-order valence-corrected chi connectivity index (χ0v) is 14.1. The molecule has 3 heteroatoms. The molecular weight excluding hydrogens is 264 g/mol. The number of hydrogen-bond donors (Lipinski definition) is 0. The molecule has 0 saturated carbocycles. The first-order valence-electron chi connectivity index (χ1n) is 7.19. The minimum absolute atomic E-state index is 0.0763. The first-order chi connectivity index (χ1) is 9.42. The molecule has 1 aromatic carbocycles. The molecule has 0 radical (unpaired) electrons. The maximum absolute atomic E-state index is 6.34. The molecule has 1 unspecified atom stereocenters. The van der Waals surface area contributed by atoms with Crippen LogP contribution >= 0.6 is 0 Å². The van der Waals surface area contributed by atoms with E-state index in [-0.39, 0.29) is 6.10 Å². The van der Waals surface area contributed by atoms with E-state index in [4.69, 9.17) is 9.16 Å². The van der Waals surface area contributed by atoms with Gasteiger partial charge in [-0.15, -0.1) is 0 Å². The first kappa shape index (κ1) is 14.9. The fourth-order valence-corrected chi connectivity index (χ4v) is 3.17. The van der Waals surface area contributed by atoms with Gasteiger partial charge in [0.25, 0.3) is 0 Å². The van der Waals surface area contributed by atoms with Crippen LogP contribution in [0.2, 0.25) is 19.6 Å². The molecule has 1 atom stereocenters. The van der Waals surface area contributed by atoms with Gasteiger partial charge in [-0.25, -0.2) is 0 Å². The van der Waals surface area contributed by atoms with Gasteiger partial charge in [-0.2, -0.15) is 0 Å². The van der Waals surface area contributed by atoms with Crippen molar-refractivity contribution in [3.63, 3.8) is 0 Å². The molecule has 1 aliphatic rings. The summed E-state index contributed by atoms with van der Waals surface area (Å²) < 4.78 is 12.5. The molecule has 1 heterocycles. The van der Waals surface area contributed by atoms with Gasteiger partial charge in [0.2, 0.25) is 8.32 Å². The topological polar surface area (TPSA) is 18.5 Å². The van der Waals surface area contributed by atoms with E-state index in [1.165, 1.54) is 5.57 Å². The molecule has 0 bridgehead atoms. The highest BCUT2D eigenvalue weighted by Gasteiger charge is 2.29. The van der Waals surface area contributed by atoms with Gasteiger partial charge in [0.15, 0.2) is 0 Å².